The van der Waals surface area contributed by atoms with Crippen LogP contribution in [0.4, 0.5) is 5.82 Å². The van der Waals surface area contributed by atoms with Crippen molar-refractivity contribution in [2.24, 2.45) is 0 Å². The van der Waals surface area contributed by atoms with Crippen molar-refractivity contribution in [1.29, 1.82) is 0 Å². The van der Waals surface area contributed by atoms with E-state index in [1.54, 1.807) is 11.8 Å². The summed E-state index contributed by atoms with van der Waals surface area (Å²) < 4.78 is 0. The molecule has 0 saturated heterocycles. The van der Waals surface area contributed by atoms with Gasteiger partial charge in [-0.15, -0.1) is 11.8 Å². The number of nitrogens with one attached hydrogen (secondary N) is 1. The molecule has 18 heavy (non-hydrogen) atoms. The second-order valence-electron chi connectivity index (χ2n) is 3.79. The van der Waals surface area contributed by atoms with Crippen molar-refractivity contribution in [1.82, 2.24) is 4.98 Å². The second kappa shape index (κ2) is 6.66. The zero-order valence-electron chi connectivity index (χ0n) is 10.2. The van der Waals surface area contributed by atoms with Crippen LogP contribution in [-0.2, 0) is 5.75 Å². The minimum Gasteiger partial charge on any atom is -0.370 e. The third kappa shape index (κ3) is 3.93. The lowest BCUT2D eigenvalue weighted by atomic mass is 10.4. The lowest BCUT2D eigenvalue weighted by molar-refractivity contribution is 1.11. The molecule has 0 bridgehead atoms. The Kier molecular flexibility index (Phi) is 4.90. The zero-order chi connectivity index (χ0) is 12.8. The third-order valence-electron chi connectivity index (χ3n) is 2.35. The molecule has 0 unspecified atom stereocenters. The van der Waals surface area contributed by atoms with Crippen molar-refractivity contribution < 1.29 is 0 Å². The number of benzene rings is 1. The van der Waals surface area contributed by atoms with Crippen LogP contribution in [0.15, 0.2) is 47.4 Å². The molecule has 0 amide bonds. The fraction of sp³-hybridized carbons (Fsp3) is 0.214. The van der Waals surface area contributed by atoms with Crippen LogP contribution in [0.25, 0.3) is 0 Å². The van der Waals surface area contributed by atoms with E-state index in [9.17, 15) is 0 Å². The van der Waals surface area contributed by atoms with Gasteiger partial charge in [0.2, 0.25) is 0 Å². The Labute approximate surface area is 117 Å². The molecule has 0 fully saturated rings. The van der Waals surface area contributed by atoms with Gasteiger partial charge in [-0.05, 0) is 37.3 Å². The van der Waals surface area contributed by atoms with E-state index in [4.69, 9.17) is 11.6 Å². The van der Waals surface area contributed by atoms with Crippen molar-refractivity contribution >= 4 is 29.2 Å². The summed E-state index contributed by atoms with van der Waals surface area (Å²) in [4.78, 5) is 5.70. The van der Waals surface area contributed by atoms with Gasteiger partial charge in [0.1, 0.15) is 5.82 Å². The van der Waals surface area contributed by atoms with Crippen LogP contribution in [0.5, 0.6) is 0 Å². The Morgan fingerprint density at radius 2 is 2.06 bits per heavy atom. The highest BCUT2D eigenvalue weighted by molar-refractivity contribution is 7.98. The Morgan fingerprint density at radius 1 is 1.22 bits per heavy atom. The predicted molar refractivity (Wildman–Crippen MR) is 79.4 cm³/mol. The van der Waals surface area contributed by atoms with Gasteiger partial charge in [0.15, 0.2) is 0 Å². The van der Waals surface area contributed by atoms with Crippen LogP contribution in [-0.4, -0.2) is 11.5 Å². The first-order chi connectivity index (χ1) is 8.78. The maximum Gasteiger partial charge on any atom is 0.126 e. The van der Waals surface area contributed by atoms with E-state index in [1.807, 2.05) is 36.4 Å². The van der Waals surface area contributed by atoms with Crippen LogP contribution in [0.3, 0.4) is 0 Å². The number of aromatic nitrogens is 1. The van der Waals surface area contributed by atoms with Gasteiger partial charge in [-0.1, -0.05) is 23.7 Å². The van der Waals surface area contributed by atoms with Crippen molar-refractivity contribution in [3.05, 3.63) is 53.2 Å². The minimum absolute atomic E-state index is 0.773. The van der Waals surface area contributed by atoms with Crippen molar-refractivity contribution in [3.8, 4) is 0 Å². The number of nitrogens with zero attached hydrogens (tertiary/aromatic N) is 1. The molecule has 94 valence electrons. The Hall–Kier alpha value is -1.19. The van der Waals surface area contributed by atoms with Crippen LogP contribution in [0.2, 0.25) is 5.02 Å². The Balaban J connectivity index is 1.99. The predicted octanol–water partition coefficient (Wildman–Crippen LogP) is 4.46. The first-order valence-electron chi connectivity index (χ1n) is 5.86. The van der Waals surface area contributed by atoms with Gasteiger partial charge >= 0.3 is 0 Å². The molecule has 0 radical (unpaired) electrons. The van der Waals surface area contributed by atoms with Crippen LogP contribution < -0.4 is 5.32 Å². The topological polar surface area (TPSA) is 24.9 Å². The molecule has 2 aromatic rings. The highest BCUT2D eigenvalue weighted by Crippen LogP contribution is 2.24. The number of thioether (sulfide) groups is 1. The molecule has 0 aliphatic rings. The number of rotatable bonds is 5. The number of hydrogen-bond acceptors (Lipinski definition) is 3. The van der Waals surface area contributed by atoms with Gasteiger partial charge in [0.25, 0.3) is 0 Å². The maximum absolute atomic E-state index is 5.95. The van der Waals surface area contributed by atoms with Gasteiger partial charge in [0.05, 0.1) is 5.69 Å². The van der Waals surface area contributed by atoms with E-state index in [-0.39, 0.29) is 0 Å². The van der Waals surface area contributed by atoms with Crippen LogP contribution in [0.1, 0.15) is 12.6 Å². The smallest absolute Gasteiger partial charge is 0.126 e. The second-order valence-corrected chi connectivity index (χ2v) is 5.28. The van der Waals surface area contributed by atoms with Crippen molar-refractivity contribution in [2.75, 3.05) is 11.9 Å². The highest BCUT2D eigenvalue weighted by Gasteiger charge is 2.00. The third-order valence-corrected chi connectivity index (χ3v) is 3.61. The normalized spacial score (nSPS) is 10.3. The van der Waals surface area contributed by atoms with Gasteiger partial charge in [0, 0.05) is 22.2 Å². The standard InChI is InChI=1S/C14H15ClN2S/c1-2-16-14-8-4-6-12(17-14)10-18-13-7-3-5-11(15)9-13/h3-9H,2,10H2,1H3,(H,16,17). The number of halogens is 1. The molecule has 1 aromatic carbocycles. The van der Waals surface area contributed by atoms with E-state index in [0.29, 0.717) is 0 Å². The SMILES string of the molecule is CCNc1cccc(CSc2cccc(Cl)c2)n1. The van der Waals surface area contributed by atoms with Crippen LogP contribution >= 0.6 is 23.4 Å². The molecule has 0 aliphatic heterocycles. The summed E-state index contributed by atoms with van der Waals surface area (Å²) in [5.74, 6) is 1.78. The zero-order valence-corrected chi connectivity index (χ0v) is 11.8. The summed E-state index contributed by atoms with van der Waals surface area (Å²) in [6, 6.07) is 13.9. The molecule has 2 nitrogen and oxygen atoms in total. The van der Waals surface area contributed by atoms with E-state index < -0.39 is 0 Å². The fourth-order valence-corrected chi connectivity index (χ4v) is 2.67. The molecule has 1 heterocycles. The average Bonchev–Trinajstić information content (AvgIpc) is 2.37. The van der Waals surface area contributed by atoms with Crippen LogP contribution in [0, 0.1) is 0 Å². The Bertz CT molecular complexity index is 517. The summed E-state index contributed by atoms with van der Waals surface area (Å²) >= 11 is 7.69. The molecular formula is C14H15ClN2S. The first-order valence-corrected chi connectivity index (χ1v) is 7.22. The molecular weight excluding hydrogens is 264 g/mol. The number of hydrogen-bond donors (Lipinski definition) is 1. The lowest BCUT2D eigenvalue weighted by Gasteiger charge is -2.05. The van der Waals surface area contributed by atoms with Gasteiger partial charge in [-0.3, -0.25) is 0 Å². The number of pyridine rings is 1. The largest absolute Gasteiger partial charge is 0.370 e. The quantitative estimate of drug-likeness (QED) is 0.818. The Morgan fingerprint density at radius 3 is 2.83 bits per heavy atom. The molecule has 2 rings (SSSR count). The van der Waals surface area contributed by atoms with Crippen molar-refractivity contribution in [2.45, 2.75) is 17.6 Å². The summed E-state index contributed by atoms with van der Waals surface area (Å²) in [6.45, 7) is 2.95. The summed E-state index contributed by atoms with van der Waals surface area (Å²) in [6.07, 6.45) is 0. The van der Waals surface area contributed by atoms with Gasteiger partial charge in [-0.25, -0.2) is 4.98 Å². The molecule has 1 aromatic heterocycles. The van der Waals surface area contributed by atoms with E-state index >= 15 is 0 Å². The minimum atomic E-state index is 0.773. The number of anilines is 1. The molecule has 0 saturated carbocycles. The highest BCUT2D eigenvalue weighted by atomic mass is 35.5. The van der Waals surface area contributed by atoms with Gasteiger partial charge in [-0.2, -0.15) is 0 Å². The average molecular weight is 279 g/mol. The summed E-state index contributed by atoms with van der Waals surface area (Å²) in [5, 5.41) is 3.99. The molecule has 0 aliphatic carbocycles. The summed E-state index contributed by atoms with van der Waals surface area (Å²) in [5.41, 5.74) is 1.07. The molecule has 0 atom stereocenters. The van der Waals surface area contributed by atoms with E-state index in [1.165, 1.54) is 0 Å². The first kappa shape index (κ1) is 13.2. The van der Waals surface area contributed by atoms with E-state index in [2.05, 4.69) is 23.3 Å². The van der Waals surface area contributed by atoms with E-state index in [0.717, 1.165) is 33.7 Å². The molecule has 0 spiro atoms. The maximum atomic E-state index is 5.95. The van der Waals surface area contributed by atoms with Gasteiger partial charge < -0.3 is 5.32 Å². The summed E-state index contributed by atoms with van der Waals surface area (Å²) in [7, 11) is 0. The molecule has 4 heteroatoms. The van der Waals surface area contributed by atoms with Crippen molar-refractivity contribution in [3.63, 3.8) is 0 Å². The lowest BCUT2D eigenvalue weighted by Crippen LogP contribution is -2.00. The monoisotopic (exact) mass is 278 g/mol. The fourth-order valence-electron chi connectivity index (χ4n) is 1.55. The molecule has 1 N–H and O–H groups in total.